The SMILES string of the molecule is COC(=O)CCc1ccc(C(O)C(=O)O)cc1C#N. The molecular formula is C13H13NO5. The van der Waals surface area contributed by atoms with E-state index in [2.05, 4.69) is 4.74 Å². The minimum Gasteiger partial charge on any atom is -0.479 e. The summed E-state index contributed by atoms with van der Waals surface area (Å²) in [5.74, 6) is -1.77. The third kappa shape index (κ3) is 3.79. The van der Waals surface area contributed by atoms with Crippen molar-refractivity contribution in [3.63, 3.8) is 0 Å². The second-order valence-electron chi connectivity index (χ2n) is 3.85. The van der Waals surface area contributed by atoms with Gasteiger partial charge >= 0.3 is 11.9 Å². The van der Waals surface area contributed by atoms with Crippen LogP contribution in [0.3, 0.4) is 0 Å². The predicted molar refractivity (Wildman–Crippen MR) is 64.1 cm³/mol. The zero-order valence-corrected chi connectivity index (χ0v) is 10.3. The molecule has 0 amide bonds. The van der Waals surface area contributed by atoms with Crippen LogP contribution in [0, 0.1) is 11.3 Å². The Balaban J connectivity index is 2.94. The number of carboxylic acids is 1. The van der Waals surface area contributed by atoms with Crippen molar-refractivity contribution in [2.75, 3.05) is 7.11 Å². The van der Waals surface area contributed by atoms with Crippen molar-refractivity contribution in [1.82, 2.24) is 0 Å². The summed E-state index contributed by atoms with van der Waals surface area (Å²) in [6, 6.07) is 6.18. The van der Waals surface area contributed by atoms with Crippen molar-refractivity contribution in [3.05, 3.63) is 34.9 Å². The Labute approximate surface area is 109 Å². The number of ether oxygens (including phenoxy) is 1. The van der Waals surface area contributed by atoms with E-state index in [0.717, 1.165) is 0 Å². The summed E-state index contributed by atoms with van der Waals surface area (Å²) in [7, 11) is 1.28. The zero-order chi connectivity index (χ0) is 14.4. The third-order valence-electron chi connectivity index (χ3n) is 2.63. The van der Waals surface area contributed by atoms with Gasteiger partial charge in [-0.05, 0) is 23.6 Å². The number of nitriles is 1. The molecule has 100 valence electrons. The van der Waals surface area contributed by atoms with E-state index in [9.17, 15) is 14.7 Å². The number of hydrogen-bond donors (Lipinski definition) is 2. The van der Waals surface area contributed by atoms with Crippen molar-refractivity contribution < 1.29 is 24.5 Å². The highest BCUT2D eigenvalue weighted by Crippen LogP contribution is 2.19. The first kappa shape index (κ1) is 14.7. The molecule has 0 saturated heterocycles. The predicted octanol–water partition coefficient (Wildman–Crippen LogP) is 0.782. The van der Waals surface area contributed by atoms with Crippen molar-refractivity contribution in [3.8, 4) is 6.07 Å². The van der Waals surface area contributed by atoms with Gasteiger partial charge in [-0.25, -0.2) is 4.79 Å². The average Bonchev–Trinajstić information content (AvgIpc) is 2.43. The van der Waals surface area contributed by atoms with E-state index < -0.39 is 18.0 Å². The highest BCUT2D eigenvalue weighted by atomic mass is 16.5. The number of nitrogens with zero attached hydrogens (tertiary/aromatic N) is 1. The maximum absolute atomic E-state index is 11.0. The number of rotatable bonds is 5. The molecule has 1 atom stereocenters. The molecular weight excluding hydrogens is 250 g/mol. The first-order valence-electron chi connectivity index (χ1n) is 5.50. The summed E-state index contributed by atoms with van der Waals surface area (Å²) in [6.45, 7) is 0. The van der Waals surface area contributed by atoms with E-state index in [1.807, 2.05) is 6.07 Å². The van der Waals surface area contributed by atoms with Gasteiger partial charge in [-0.2, -0.15) is 5.26 Å². The number of hydrogen-bond acceptors (Lipinski definition) is 5. The van der Waals surface area contributed by atoms with Gasteiger partial charge in [-0.1, -0.05) is 12.1 Å². The normalized spacial score (nSPS) is 11.4. The standard InChI is InChI=1S/C13H13NO5/c1-19-11(15)5-4-8-2-3-9(6-10(8)7-14)12(16)13(17)18/h2-3,6,12,16H,4-5H2,1H3,(H,17,18). The molecule has 1 unspecified atom stereocenters. The first-order chi connectivity index (χ1) is 8.99. The molecule has 0 aromatic heterocycles. The van der Waals surface area contributed by atoms with Crippen LogP contribution in [0.2, 0.25) is 0 Å². The molecule has 1 rings (SSSR count). The molecule has 19 heavy (non-hydrogen) atoms. The molecule has 0 spiro atoms. The minimum atomic E-state index is -1.67. The lowest BCUT2D eigenvalue weighted by Crippen LogP contribution is -2.11. The van der Waals surface area contributed by atoms with Crippen LogP contribution in [0.15, 0.2) is 18.2 Å². The van der Waals surface area contributed by atoms with Gasteiger partial charge < -0.3 is 14.9 Å². The molecule has 0 saturated carbocycles. The van der Waals surface area contributed by atoms with Gasteiger partial charge in [0.15, 0.2) is 6.10 Å². The Morgan fingerprint density at radius 2 is 2.16 bits per heavy atom. The fraction of sp³-hybridized carbons (Fsp3) is 0.308. The first-order valence-corrected chi connectivity index (χ1v) is 5.50. The van der Waals surface area contributed by atoms with Crippen molar-refractivity contribution in [1.29, 1.82) is 5.26 Å². The van der Waals surface area contributed by atoms with Crippen molar-refractivity contribution in [2.45, 2.75) is 18.9 Å². The molecule has 0 aliphatic rings. The van der Waals surface area contributed by atoms with Gasteiger partial charge in [0.25, 0.3) is 0 Å². The summed E-state index contributed by atoms with van der Waals surface area (Å²) in [5.41, 5.74) is 0.974. The second kappa shape index (κ2) is 6.52. The number of carbonyl (C=O) groups is 2. The molecule has 0 aliphatic heterocycles. The van der Waals surface area contributed by atoms with Gasteiger partial charge in [0.05, 0.1) is 18.7 Å². The smallest absolute Gasteiger partial charge is 0.337 e. The van der Waals surface area contributed by atoms with E-state index in [1.165, 1.54) is 25.3 Å². The number of aryl methyl sites for hydroxylation is 1. The Morgan fingerprint density at radius 3 is 2.68 bits per heavy atom. The van der Waals surface area contributed by atoms with Crippen LogP contribution in [-0.2, 0) is 20.7 Å². The molecule has 0 heterocycles. The molecule has 6 nitrogen and oxygen atoms in total. The fourth-order valence-electron chi connectivity index (χ4n) is 1.57. The Bertz CT molecular complexity index is 532. The summed E-state index contributed by atoms with van der Waals surface area (Å²) < 4.78 is 4.50. The summed E-state index contributed by atoms with van der Waals surface area (Å²) >= 11 is 0. The maximum Gasteiger partial charge on any atom is 0.337 e. The van der Waals surface area contributed by atoms with Crippen LogP contribution in [-0.4, -0.2) is 29.3 Å². The van der Waals surface area contributed by atoms with Crippen LogP contribution in [0.4, 0.5) is 0 Å². The lowest BCUT2D eigenvalue weighted by atomic mass is 9.98. The van der Waals surface area contributed by atoms with Crippen LogP contribution in [0.5, 0.6) is 0 Å². The fourth-order valence-corrected chi connectivity index (χ4v) is 1.57. The van der Waals surface area contributed by atoms with Gasteiger partial charge in [-0.15, -0.1) is 0 Å². The number of carbonyl (C=O) groups excluding carboxylic acids is 1. The zero-order valence-electron chi connectivity index (χ0n) is 10.3. The number of esters is 1. The quantitative estimate of drug-likeness (QED) is 0.760. The van der Waals surface area contributed by atoms with Gasteiger partial charge in [-0.3, -0.25) is 4.79 Å². The lowest BCUT2D eigenvalue weighted by molar-refractivity contribution is -0.147. The second-order valence-corrected chi connectivity index (χ2v) is 3.85. The third-order valence-corrected chi connectivity index (χ3v) is 2.63. The number of aliphatic carboxylic acids is 1. The van der Waals surface area contributed by atoms with E-state index in [0.29, 0.717) is 12.0 Å². The molecule has 0 radical (unpaired) electrons. The highest BCUT2D eigenvalue weighted by Gasteiger charge is 2.17. The molecule has 0 bridgehead atoms. The van der Waals surface area contributed by atoms with E-state index >= 15 is 0 Å². The average molecular weight is 263 g/mol. The molecule has 0 aliphatic carbocycles. The number of methoxy groups -OCH3 is 1. The number of benzene rings is 1. The van der Waals surface area contributed by atoms with Gasteiger partial charge in [0.1, 0.15) is 0 Å². The van der Waals surface area contributed by atoms with Crippen LogP contribution in [0.25, 0.3) is 0 Å². The van der Waals surface area contributed by atoms with Crippen LogP contribution < -0.4 is 0 Å². The molecule has 2 N–H and O–H groups in total. The Morgan fingerprint density at radius 1 is 1.47 bits per heavy atom. The number of aliphatic hydroxyl groups excluding tert-OH is 1. The maximum atomic E-state index is 11.0. The van der Waals surface area contributed by atoms with Crippen molar-refractivity contribution >= 4 is 11.9 Å². The summed E-state index contributed by atoms with van der Waals surface area (Å²) in [5, 5.41) is 27.1. The molecule has 6 heteroatoms. The Hall–Kier alpha value is -2.39. The van der Waals surface area contributed by atoms with E-state index in [-0.39, 0.29) is 17.5 Å². The minimum absolute atomic E-state index is 0.130. The summed E-state index contributed by atoms with van der Waals surface area (Å²) in [6.07, 6.45) is -1.22. The topological polar surface area (TPSA) is 108 Å². The van der Waals surface area contributed by atoms with Crippen LogP contribution in [0.1, 0.15) is 29.2 Å². The molecule has 0 fully saturated rings. The molecule has 1 aromatic carbocycles. The Kier molecular flexibility index (Phi) is 5.03. The largest absolute Gasteiger partial charge is 0.479 e. The van der Waals surface area contributed by atoms with Crippen molar-refractivity contribution in [2.24, 2.45) is 0 Å². The van der Waals surface area contributed by atoms with Gasteiger partial charge in [0, 0.05) is 6.42 Å². The molecule has 1 aromatic rings. The van der Waals surface area contributed by atoms with Crippen LogP contribution >= 0.6 is 0 Å². The van der Waals surface area contributed by atoms with E-state index in [4.69, 9.17) is 10.4 Å². The highest BCUT2D eigenvalue weighted by molar-refractivity contribution is 5.74. The summed E-state index contributed by atoms with van der Waals surface area (Å²) in [4.78, 5) is 21.7. The monoisotopic (exact) mass is 263 g/mol. The lowest BCUT2D eigenvalue weighted by Gasteiger charge is -2.09. The van der Waals surface area contributed by atoms with E-state index in [1.54, 1.807) is 0 Å². The number of aliphatic hydroxyl groups is 1. The number of carboxylic acid groups (broad SMARTS) is 1. The van der Waals surface area contributed by atoms with Gasteiger partial charge in [0.2, 0.25) is 0 Å².